The molecule has 2 N–H and O–H groups in total. The molecule has 0 aliphatic carbocycles. The molecule has 23 heavy (non-hydrogen) atoms. The summed E-state index contributed by atoms with van der Waals surface area (Å²) >= 11 is 0. The zero-order valence-electron chi connectivity index (χ0n) is 13.5. The number of nitrogens with zero attached hydrogens (tertiary/aromatic N) is 2. The standard InChI is InChI=1S/C17H21N3O3/c1-12(2)15(17(22)23)19-16(21)14(9-18)11-20(3)10-13-7-5-4-6-8-13/h4-8,11-12,15H,10H2,1-3H3,(H,19,21)(H,22,23)/b14-11-. The minimum atomic E-state index is -1.12. The Hall–Kier alpha value is -2.81. The number of hydrogen-bond donors (Lipinski definition) is 2. The van der Waals surface area contributed by atoms with Crippen molar-refractivity contribution < 1.29 is 14.7 Å². The number of hydrogen-bond acceptors (Lipinski definition) is 4. The number of rotatable bonds is 7. The maximum Gasteiger partial charge on any atom is 0.326 e. The fourth-order valence-corrected chi connectivity index (χ4v) is 2.01. The topological polar surface area (TPSA) is 93.4 Å². The smallest absolute Gasteiger partial charge is 0.326 e. The van der Waals surface area contributed by atoms with Crippen LogP contribution in [0.1, 0.15) is 19.4 Å². The molecule has 1 rings (SSSR count). The number of benzene rings is 1. The summed E-state index contributed by atoms with van der Waals surface area (Å²) in [4.78, 5) is 24.9. The van der Waals surface area contributed by atoms with Gasteiger partial charge in [-0.1, -0.05) is 44.2 Å². The minimum Gasteiger partial charge on any atom is -0.480 e. The summed E-state index contributed by atoms with van der Waals surface area (Å²) in [7, 11) is 1.74. The van der Waals surface area contributed by atoms with Crippen LogP contribution in [0.2, 0.25) is 0 Å². The van der Waals surface area contributed by atoms with Gasteiger partial charge in [-0.2, -0.15) is 5.26 Å². The van der Waals surface area contributed by atoms with Gasteiger partial charge in [0, 0.05) is 19.8 Å². The quantitative estimate of drug-likeness (QED) is 0.590. The highest BCUT2D eigenvalue weighted by molar-refractivity contribution is 5.99. The Morgan fingerprint density at radius 1 is 1.35 bits per heavy atom. The maximum atomic E-state index is 12.1. The summed E-state index contributed by atoms with van der Waals surface area (Å²) in [5.74, 6) is -2.09. The molecule has 0 aliphatic rings. The van der Waals surface area contributed by atoms with Gasteiger partial charge in [-0.25, -0.2) is 4.79 Å². The minimum absolute atomic E-state index is 0.129. The maximum absolute atomic E-state index is 12.1. The van der Waals surface area contributed by atoms with E-state index < -0.39 is 17.9 Å². The summed E-state index contributed by atoms with van der Waals surface area (Å²) in [5.41, 5.74) is 0.907. The van der Waals surface area contributed by atoms with E-state index in [1.807, 2.05) is 36.4 Å². The van der Waals surface area contributed by atoms with Crippen molar-refractivity contribution in [3.05, 3.63) is 47.7 Å². The number of carbonyl (C=O) groups excluding carboxylic acids is 1. The zero-order chi connectivity index (χ0) is 17.4. The fraction of sp³-hybridized carbons (Fsp3) is 0.353. The fourth-order valence-electron chi connectivity index (χ4n) is 2.01. The lowest BCUT2D eigenvalue weighted by Gasteiger charge is -2.19. The van der Waals surface area contributed by atoms with Crippen LogP contribution < -0.4 is 5.32 Å². The highest BCUT2D eigenvalue weighted by Gasteiger charge is 2.25. The Labute approximate surface area is 136 Å². The van der Waals surface area contributed by atoms with Gasteiger partial charge >= 0.3 is 5.97 Å². The van der Waals surface area contributed by atoms with E-state index in [1.165, 1.54) is 6.20 Å². The Morgan fingerprint density at radius 3 is 2.43 bits per heavy atom. The first-order valence-corrected chi connectivity index (χ1v) is 7.25. The van der Waals surface area contributed by atoms with Gasteiger partial charge in [-0.05, 0) is 11.5 Å². The predicted octanol–water partition coefficient (Wildman–Crippen LogP) is 1.75. The molecular weight excluding hydrogens is 294 g/mol. The van der Waals surface area contributed by atoms with Gasteiger partial charge in [0.1, 0.15) is 17.7 Å². The normalized spacial score (nSPS) is 12.4. The molecule has 1 unspecified atom stereocenters. The second-order valence-electron chi connectivity index (χ2n) is 5.59. The molecule has 0 heterocycles. The molecule has 0 radical (unpaired) electrons. The number of carboxylic acids is 1. The molecule has 0 fully saturated rings. The molecule has 0 bridgehead atoms. The van der Waals surface area contributed by atoms with E-state index in [0.717, 1.165) is 5.56 Å². The van der Waals surface area contributed by atoms with Gasteiger partial charge in [-0.15, -0.1) is 0 Å². The molecule has 0 aliphatic heterocycles. The largest absolute Gasteiger partial charge is 0.480 e. The van der Waals surface area contributed by atoms with Crippen molar-refractivity contribution in [1.29, 1.82) is 5.26 Å². The van der Waals surface area contributed by atoms with Crippen LogP contribution in [0.5, 0.6) is 0 Å². The van der Waals surface area contributed by atoms with Gasteiger partial charge in [0.25, 0.3) is 5.91 Å². The average molecular weight is 315 g/mol. The SMILES string of the molecule is CC(C)C(NC(=O)/C(C#N)=C\N(C)Cc1ccccc1)C(=O)O. The van der Waals surface area contributed by atoms with Crippen LogP contribution in [0.4, 0.5) is 0 Å². The van der Waals surface area contributed by atoms with E-state index >= 15 is 0 Å². The number of aliphatic carboxylic acids is 1. The first-order chi connectivity index (χ1) is 10.8. The molecular formula is C17H21N3O3. The lowest BCUT2D eigenvalue weighted by molar-refractivity contribution is -0.142. The summed E-state index contributed by atoms with van der Waals surface area (Å²) in [6, 6.07) is 10.4. The molecule has 6 heteroatoms. The Balaban J connectivity index is 2.79. The van der Waals surface area contributed by atoms with E-state index in [1.54, 1.807) is 25.8 Å². The van der Waals surface area contributed by atoms with Gasteiger partial charge in [-0.3, -0.25) is 4.79 Å². The lowest BCUT2D eigenvalue weighted by atomic mass is 10.0. The summed E-state index contributed by atoms with van der Waals surface area (Å²) in [6.45, 7) is 3.92. The molecule has 0 saturated heterocycles. The second-order valence-corrected chi connectivity index (χ2v) is 5.59. The molecule has 1 amide bonds. The molecule has 0 aromatic heterocycles. The van der Waals surface area contributed by atoms with Gasteiger partial charge in [0.2, 0.25) is 0 Å². The van der Waals surface area contributed by atoms with Crippen LogP contribution >= 0.6 is 0 Å². The Bertz CT molecular complexity index is 618. The molecule has 0 spiro atoms. The molecule has 122 valence electrons. The zero-order valence-corrected chi connectivity index (χ0v) is 13.5. The van der Waals surface area contributed by atoms with Gasteiger partial charge in [0.15, 0.2) is 0 Å². The number of carboxylic acid groups (broad SMARTS) is 1. The third-order valence-corrected chi connectivity index (χ3v) is 3.21. The number of nitrogens with one attached hydrogen (secondary N) is 1. The lowest BCUT2D eigenvalue weighted by Crippen LogP contribution is -2.44. The van der Waals surface area contributed by atoms with E-state index in [-0.39, 0.29) is 11.5 Å². The van der Waals surface area contributed by atoms with E-state index in [9.17, 15) is 9.59 Å². The molecule has 1 atom stereocenters. The second kappa shape index (κ2) is 8.59. The highest BCUT2D eigenvalue weighted by atomic mass is 16.4. The molecule has 6 nitrogen and oxygen atoms in total. The van der Waals surface area contributed by atoms with Crippen molar-refractivity contribution in [2.24, 2.45) is 5.92 Å². The van der Waals surface area contributed by atoms with Crippen LogP contribution in [0, 0.1) is 17.2 Å². The van der Waals surface area contributed by atoms with Crippen molar-refractivity contribution >= 4 is 11.9 Å². The number of carbonyl (C=O) groups is 2. The molecule has 1 aromatic carbocycles. The third kappa shape index (κ3) is 5.83. The number of nitriles is 1. The van der Waals surface area contributed by atoms with E-state index in [4.69, 9.17) is 10.4 Å². The van der Waals surface area contributed by atoms with Gasteiger partial charge in [0.05, 0.1) is 0 Å². The Kier molecular flexibility index (Phi) is 6.81. The van der Waals surface area contributed by atoms with E-state index in [0.29, 0.717) is 6.54 Å². The first-order valence-electron chi connectivity index (χ1n) is 7.25. The van der Waals surface area contributed by atoms with E-state index in [2.05, 4.69) is 5.32 Å². The summed E-state index contributed by atoms with van der Waals surface area (Å²) in [6.07, 6.45) is 1.42. The summed E-state index contributed by atoms with van der Waals surface area (Å²) in [5, 5.41) is 20.6. The van der Waals surface area contributed by atoms with Crippen LogP contribution in [-0.4, -0.2) is 35.0 Å². The average Bonchev–Trinajstić information content (AvgIpc) is 2.50. The van der Waals surface area contributed by atoms with Gasteiger partial charge < -0.3 is 15.3 Å². The van der Waals surface area contributed by atoms with Crippen molar-refractivity contribution in [2.75, 3.05) is 7.05 Å². The van der Waals surface area contributed by atoms with Crippen LogP contribution in [0.15, 0.2) is 42.1 Å². The Morgan fingerprint density at radius 2 is 1.96 bits per heavy atom. The van der Waals surface area contributed by atoms with Crippen LogP contribution in [-0.2, 0) is 16.1 Å². The van der Waals surface area contributed by atoms with Crippen molar-refractivity contribution in [3.8, 4) is 6.07 Å². The highest BCUT2D eigenvalue weighted by Crippen LogP contribution is 2.07. The monoisotopic (exact) mass is 315 g/mol. The molecule has 0 saturated carbocycles. The van der Waals surface area contributed by atoms with Crippen LogP contribution in [0.25, 0.3) is 0 Å². The predicted molar refractivity (Wildman–Crippen MR) is 86.0 cm³/mol. The first kappa shape index (κ1) is 18.2. The van der Waals surface area contributed by atoms with Crippen molar-refractivity contribution in [3.63, 3.8) is 0 Å². The van der Waals surface area contributed by atoms with Crippen molar-refractivity contribution in [1.82, 2.24) is 10.2 Å². The number of amides is 1. The molecule has 1 aromatic rings. The van der Waals surface area contributed by atoms with Crippen LogP contribution in [0.3, 0.4) is 0 Å². The van der Waals surface area contributed by atoms with Crippen molar-refractivity contribution in [2.45, 2.75) is 26.4 Å². The summed E-state index contributed by atoms with van der Waals surface area (Å²) < 4.78 is 0. The third-order valence-electron chi connectivity index (χ3n) is 3.21.